The van der Waals surface area contributed by atoms with Crippen LogP contribution in [0, 0.1) is 11.6 Å². The van der Waals surface area contributed by atoms with E-state index in [2.05, 4.69) is 34.4 Å². The van der Waals surface area contributed by atoms with E-state index in [-0.39, 0.29) is 0 Å². The van der Waals surface area contributed by atoms with Crippen molar-refractivity contribution in [2.45, 2.75) is 13.0 Å². The number of nitrogens with one attached hydrogen (secondary N) is 2. The van der Waals surface area contributed by atoms with E-state index in [9.17, 15) is 8.78 Å². The highest BCUT2D eigenvalue weighted by molar-refractivity contribution is 5.89. The molecule has 0 unspecified atom stereocenters. The van der Waals surface area contributed by atoms with Gasteiger partial charge in [-0.1, -0.05) is 0 Å². The summed E-state index contributed by atoms with van der Waals surface area (Å²) < 4.78 is 28.6. The van der Waals surface area contributed by atoms with Crippen LogP contribution in [0.15, 0.2) is 36.4 Å². The van der Waals surface area contributed by atoms with Crippen molar-refractivity contribution in [1.29, 1.82) is 0 Å². The van der Waals surface area contributed by atoms with Gasteiger partial charge in [-0.3, -0.25) is 0 Å². The lowest BCUT2D eigenvalue weighted by Gasteiger charge is -2.14. The number of aromatic nitrogens is 1. The molecule has 3 aromatic rings. The van der Waals surface area contributed by atoms with Crippen molar-refractivity contribution in [1.82, 2.24) is 9.88 Å². The Bertz CT molecular complexity index is 899. The molecule has 1 aliphatic heterocycles. The number of fused-ring (bicyclic) bond motifs is 3. The largest absolute Gasteiger partial charge is 0.355 e. The van der Waals surface area contributed by atoms with E-state index in [1.165, 1.54) is 34.3 Å². The first-order chi connectivity index (χ1) is 11.1. The van der Waals surface area contributed by atoms with E-state index in [0.29, 0.717) is 5.69 Å². The minimum atomic E-state index is -0.850. The van der Waals surface area contributed by atoms with E-state index >= 15 is 0 Å². The average Bonchev–Trinajstić information content (AvgIpc) is 2.84. The van der Waals surface area contributed by atoms with Gasteiger partial charge < -0.3 is 15.2 Å². The second-order valence-electron chi connectivity index (χ2n) is 5.90. The lowest BCUT2D eigenvalue weighted by Crippen LogP contribution is -2.24. The quantitative estimate of drug-likeness (QED) is 0.752. The van der Waals surface area contributed by atoms with Crippen molar-refractivity contribution in [3.8, 4) is 0 Å². The fourth-order valence-corrected chi connectivity index (χ4v) is 3.33. The van der Waals surface area contributed by atoms with Crippen LogP contribution >= 0.6 is 0 Å². The van der Waals surface area contributed by atoms with Gasteiger partial charge in [0.15, 0.2) is 11.6 Å². The molecular formula is C18H17F2N3. The Morgan fingerprint density at radius 2 is 1.83 bits per heavy atom. The molecular weight excluding hydrogens is 296 g/mol. The fraction of sp³-hybridized carbons (Fsp3) is 0.222. The summed E-state index contributed by atoms with van der Waals surface area (Å²) >= 11 is 0. The molecule has 0 aliphatic carbocycles. The van der Waals surface area contributed by atoms with Crippen LogP contribution in [0.2, 0.25) is 0 Å². The SMILES string of the molecule is Cn1c2c(c3cc(Nc4ccc(F)c(F)c4)ccc31)CNCC2. The molecule has 0 saturated heterocycles. The Morgan fingerprint density at radius 1 is 1.04 bits per heavy atom. The Morgan fingerprint density at radius 3 is 2.65 bits per heavy atom. The first-order valence-corrected chi connectivity index (χ1v) is 7.66. The first kappa shape index (κ1) is 14.2. The third kappa shape index (κ3) is 2.37. The zero-order valence-electron chi connectivity index (χ0n) is 12.8. The smallest absolute Gasteiger partial charge is 0.160 e. The average molecular weight is 313 g/mol. The topological polar surface area (TPSA) is 29.0 Å². The van der Waals surface area contributed by atoms with Gasteiger partial charge in [0.25, 0.3) is 0 Å². The van der Waals surface area contributed by atoms with Crippen molar-refractivity contribution in [3.05, 3.63) is 59.3 Å². The predicted molar refractivity (Wildman–Crippen MR) is 88.0 cm³/mol. The van der Waals surface area contributed by atoms with Crippen molar-refractivity contribution in [3.63, 3.8) is 0 Å². The number of nitrogens with zero attached hydrogens (tertiary/aromatic N) is 1. The zero-order valence-corrected chi connectivity index (χ0v) is 12.8. The summed E-state index contributed by atoms with van der Waals surface area (Å²) in [6.07, 6.45) is 1.02. The Labute approximate surface area is 132 Å². The molecule has 0 amide bonds. The van der Waals surface area contributed by atoms with Gasteiger partial charge in [0.1, 0.15) is 0 Å². The van der Waals surface area contributed by atoms with E-state index < -0.39 is 11.6 Å². The summed E-state index contributed by atoms with van der Waals surface area (Å²) in [5.74, 6) is -1.69. The number of hydrogen-bond donors (Lipinski definition) is 2. The molecule has 4 rings (SSSR count). The van der Waals surface area contributed by atoms with Crippen LogP contribution in [0.4, 0.5) is 20.2 Å². The molecule has 0 atom stereocenters. The minimum absolute atomic E-state index is 0.533. The van der Waals surface area contributed by atoms with Gasteiger partial charge in [0.05, 0.1) is 0 Å². The van der Waals surface area contributed by atoms with E-state index in [1.807, 2.05) is 6.07 Å². The van der Waals surface area contributed by atoms with Crippen molar-refractivity contribution in [2.24, 2.45) is 7.05 Å². The van der Waals surface area contributed by atoms with E-state index in [4.69, 9.17) is 0 Å². The molecule has 0 radical (unpaired) electrons. The lowest BCUT2D eigenvalue weighted by molar-refractivity contribution is 0.509. The third-order valence-electron chi connectivity index (χ3n) is 4.48. The molecule has 1 aromatic heterocycles. The summed E-state index contributed by atoms with van der Waals surface area (Å²) in [6, 6.07) is 9.93. The number of aryl methyl sites for hydroxylation is 1. The van der Waals surface area contributed by atoms with Gasteiger partial charge in [0.2, 0.25) is 0 Å². The number of anilines is 2. The van der Waals surface area contributed by atoms with Crippen molar-refractivity contribution >= 4 is 22.3 Å². The van der Waals surface area contributed by atoms with Gasteiger partial charge in [-0.05, 0) is 35.9 Å². The Balaban J connectivity index is 1.75. The maximum absolute atomic E-state index is 13.3. The lowest BCUT2D eigenvalue weighted by atomic mass is 10.1. The summed E-state index contributed by atoms with van der Waals surface area (Å²) in [5, 5.41) is 7.74. The van der Waals surface area contributed by atoms with Crippen LogP contribution < -0.4 is 10.6 Å². The van der Waals surface area contributed by atoms with Gasteiger partial charge >= 0.3 is 0 Å². The van der Waals surface area contributed by atoms with Gasteiger partial charge in [0, 0.05) is 60.6 Å². The number of benzene rings is 2. The monoisotopic (exact) mass is 313 g/mol. The highest BCUT2D eigenvalue weighted by Crippen LogP contribution is 2.31. The first-order valence-electron chi connectivity index (χ1n) is 7.66. The van der Waals surface area contributed by atoms with Crippen LogP contribution in [-0.2, 0) is 20.0 Å². The molecule has 2 aromatic carbocycles. The number of halogens is 2. The maximum atomic E-state index is 13.3. The van der Waals surface area contributed by atoms with Crippen LogP contribution in [0.5, 0.6) is 0 Å². The fourth-order valence-electron chi connectivity index (χ4n) is 3.33. The molecule has 23 heavy (non-hydrogen) atoms. The van der Waals surface area contributed by atoms with Crippen molar-refractivity contribution < 1.29 is 8.78 Å². The van der Waals surface area contributed by atoms with Crippen LogP contribution in [0.25, 0.3) is 10.9 Å². The molecule has 5 heteroatoms. The Kier molecular flexibility index (Phi) is 3.31. The van der Waals surface area contributed by atoms with Gasteiger partial charge in [-0.15, -0.1) is 0 Å². The minimum Gasteiger partial charge on any atom is -0.355 e. The molecule has 1 aliphatic rings. The zero-order chi connectivity index (χ0) is 16.0. The second-order valence-corrected chi connectivity index (χ2v) is 5.90. The number of rotatable bonds is 2. The van der Waals surface area contributed by atoms with Crippen LogP contribution in [0.3, 0.4) is 0 Å². The molecule has 3 nitrogen and oxygen atoms in total. The molecule has 0 saturated carbocycles. The normalized spacial score (nSPS) is 14.0. The van der Waals surface area contributed by atoms with Crippen molar-refractivity contribution in [2.75, 3.05) is 11.9 Å². The van der Waals surface area contributed by atoms with Gasteiger partial charge in [-0.25, -0.2) is 8.78 Å². The summed E-state index contributed by atoms with van der Waals surface area (Å²) in [4.78, 5) is 0. The highest BCUT2D eigenvalue weighted by Gasteiger charge is 2.18. The standard InChI is InChI=1S/C18H17F2N3/c1-23-17-5-3-11(22-12-2-4-15(19)16(20)9-12)8-13(17)14-10-21-7-6-18(14)23/h2-5,8-9,21-22H,6-7,10H2,1H3. The highest BCUT2D eigenvalue weighted by atomic mass is 19.2. The summed E-state index contributed by atoms with van der Waals surface area (Å²) in [5.41, 5.74) is 5.27. The van der Waals surface area contributed by atoms with Crippen LogP contribution in [0.1, 0.15) is 11.3 Å². The molecule has 0 spiro atoms. The number of hydrogen-bond acceptors (Lipinski definition) is 2. The van der Waals surface area contributed by atoms with E-state index in [0.717, 1.165) is 31.3 Å². The molecule has 0 fully saturated rings. The summed E-state index contributed by atoms with van der Waals surface area (Å²) in [6.45, 7) is 1.86. The molecule has 2 heterocycles. The third-order valence-corrected chi connectivity index (χ3v) is 4.48. The molecule has 2 N–H and O–H groups in total. The molecule has 0 bridgehead atoms. The Hall–Kier alpha value is -2.40. The molecule has 118 valence electrons. The predicted octanol–water partition coefficient (Wildman–Crippen LogP) is 3.85. The second kappa shape index (κ2) is 5.35. The summed E-state index contributed by atoms with van der Waals surface area (Å²) in [7, 11) is 2.09. The van der Waals surface area contributed by atoms with Gasteiger partial charge in [-0.2, -0.15) is 0 Å². The van der Waals surface area contributed by atoms with E-state index in [1.54, 1.807) is 0 Å². The maximum Gasteiger partial charge on any atom is 0.160 e. The van der Waals surface area contributed by atoms with Crippen LogP contribution in [-0.4, -0.2) is 11.1 Å².